The van der Waals surface area contributed by atoms with Crippen LogP contribution in [0.1, 0.15) is 50.8 Å². The highest BCUT2D eigenvalue weighted by Crippen LogP contribution is 2.20. The topological polar surface area (TPSA) is 81.1 Å². The monoisotopic (exact) mass is 335 g/mol. The lowest BCUT2D eigenvalue weighted by atomic mass is 9.98. The molecule has 1 amide bonds. The van der Waals surface area contributed by atoms with Crippen LogP contribution >= 0.6 is 0 Å². The van der Waals surface area contributed by atoms with Crippen LogP contribution in [0, 0.1) is 0 Å². The first-order chi connectivity index (χ1) is 11.8. The molecule has 2 heterocycles. The van der Waals surface area contributed by atoms with Gasteiger partial charge in [-0.05, 0) is 25.7 Å². The first kappa shape index (κ1) is 17.4. The fourth-order valence-corrected chi connectivity index (χ4v) is 3.49. The largest absolute Gasteiger partial charge is 0.378 e. The minimum absolute atomic E-state index is 0.0528. The lowest BCUT2D eigenvalue weighted by Crippen LogP contribution is -2.43. The Hall–Kier alpha value is -1.47. The minimum Gasteiger partial charge on any atom is -0.378 e. The van der Waals surface area contributed by atoms with Crippen molar-refractivity contribution in [3.05, 3.63) is 12.2 Å². The number of rotatable bonds is 8. The van der Waals surface area contributed by atoms with Crippen molar-refractivity contribution in [2.45, 2.75) is 70.1 Å². The number of carbonyl (C=O) groups is 1. The van der Waals surface area contributed by atoms with Crippen molar-refractivity contribution in [1.82, 2.24) is 25.4 Å². The van der Waals surface area contributed by atoms with Crippen molar-refractivity contribution in [3.63, 3.8) is 0 Å². The number of nitrogens with one attached hydrogen (secondary N) is 2. The summed E-state index contributed by atoms with van der Waals surface area (Å²) in [5.41, 5.74) is 0. The maximum Gasteiger partial charge on any atom is 0.233 e. The van der Waals surface area contributed by atoms with Gasteiger partial charge >= 0.3 is 0 Å². The second-order valence-electron chi connectivity index (χ2n) is 6.81. The number of nitrogens with zero attached hydrogens (tertiary/aromatic N) is 3. The molecule has 0 unspecified atom stereocenters. The first-order valence-corrected chi connectivity index (χ1v) is 9.29. The number of amides is 1. The van der Waals surface area contributed by atoms with E-state index in [0.29, 0.717) is 25.2 Å². The Morgan fingerprint density at radius 3 is 3.04 bits per heavy atom. The Balaban J connectivity index is 1.21. The smallest absolute Gasteiger partial charge is 0.233 e. The molecule has 1 aliphatic carbocycles. The Kier molecular flexibility index (Phi) is 6.60. The average Bonchev–Trinajstić information content (AvgIpc) is 3.08. The van der Waals surface area contributed by atoms with Crippen LogP contribution in [0.15, 0.2) is 6.33 Å². The molecule has 7 nitrogen and oxygen atoms in total. The van der Waals surface area contributed by atoms with Crippen molar-refractivity contribution in [2.24, 2.45) is 0 Å². The highest BCUT2D eigenvalue weighted by Gasteiger charge is 2.19. The first-order valence-electron chi connectivity index (χ1n) is 9.29. The van der Waals surface area contributed by atoms with E-state index in [1.807, 2.05) is 4.68 Å². The van der Waals surface area contributed by atoms with Gasteiger partial charge in [0.15, 0.2) is 0 Å². The summed E-state index contributed by atoms with van der Waals surface area (Å²) >= 11 is 0. The van der Waals surface area contributed by atoms with Crippen LogP contribution in [0.25, 0.3) is 0 Å². The summed E-state index contributed by atoms with van der Waals surface area (Å²) in [6.07, 6.45) is 11.2. The zero-order valence-electron chi connectivity index (χ0n) is 14.4. The molecule has 0 bridgehead atoms. The SMILES string of the molecule is O=C(CN[C@@H]1CCc2ncnn2C1)NCCCOC1CCCCC1. The van der Waals surface area contributed by atoms with Crippen molar-refractivity contribution in [3.8, 4) is 0 Å². The predicted molar refractivity (Wildman–Crippen MR) is 90.6 cm³/mol. The standard InChI is InChI=1S/C17H29N5O2/c23-17(18-9-4-10-24-15-5-2-1-3-6-15)11-19-14-7-8-16-20-13-21-22(16)12-14/h13-15,19H,1-12H2,(H,18,23)/t14-/m1/s1. The predicted octanol–water partition coefficient (Wildman–Crippen LogP) is 1.04. The van der Waals surface area contributed by atoms with Crippen molar-refractivity contribution in [1.29, 1.82) is 0 Å². The molecule has 1 aliphatic heterocycles. The molecule has 24 heavy (non-hydrogen) atoms. The van der Waals surface area contributed by atoms with Gasteiger partial charge in [-0.2, -0.15) is 5.10 Å². The quantitative estimate of drug-likeness (QED) is 0.694. The number of hydrogen-bond donors (Lipinski definition) is 2. The molecule has 1 saturated carbocycles. The maximum atomic E-state index is 11.9. The molecule has 1 aromatic rings. The van der Waals surface area contributed by atoms with Gasteiger partial charge in [-0.25, -0.2) is 9.67 Å². The molecule has 134 valence electrons. The molecule has 7 heteroatoms. The van der Waals surface area contributed by atoms with Crippen LogP contribution < -0.4 is 10.6 Å². The highest BCUT2D eigenvalue weighted by molar-refractivity contribution is 5.77. The Bertz CT molecular complexity index is 513. The molecular formula is C17H29N5O2. The second-order valence-corrected chi connectivity index (χ2v) is 6.81. The van der Waals surface area contributed by atoms with Crippen LogP contribution in [-0.2, 0) is 22.5 Å². The molecule has 1 atom stereocenters. The lowest BCUT2D eigenvalue weighted by molar-refractivity contribution is -0.120. The summed E-state index contributed by atoms with van der Waals surface area (Å²) in [5.74, 6) is 1.09. The van der Waals surface area contributed by atoms with Crippen molar-refractivity contribution < 1.29 is 9.53 Å². The van der Waals surface area contributed by atoms with Gasteiger partial charge in [0.2, 0.25) is 5.91 Å². The molecule has 2 N–H and O–H groups in total. The zero-order valence-corrected chi connectivity index (χ0v) is 14.4. The van der Waals surface area contributed by atoms with E-state index in [-0.39, 0.29) is 5.91 Å². The number of hydrogen-bond acceptors (Lipinski definition) is 5. The normalized spacial score (nSPS) is 21.4. The van der Waals surface area contributed by atoms with Gasteiger partial charge in [0.05, 0.1) is 19.2 Å². The van der Waals surface area contributed by atoms with Crippen molar-refractivity contribution >= 4 is 5.91 Å². The van der Waals surface area contributed by atoms with E-state index >= 15 is 0 Å². The van der Waals surface area contributed by atoms with E-state index in [1.54, 1.807) is 6.33 Å². The maximum absolute atomic E-state index is 11.9. The van der Waals surface area contributed by atoms with E-state index in [0.717, 1.165) is 38.2 Å². The number of aromatic nitrogens is 3. The van der Waals surface area contributed by atoms with Crippen LogP contribution in [0.3, 0.4) is 0 Å². The third kappa shape index (κ3) is 5.27. The van der Waals surface area contributed by atoms with Crippen LogP contribution in [-0.4, -0.2) is 52.5 Å². The second kappa shape index (κ2) is 9.13. The van der Waals surface area contributed by atoms with E-state index in [4.69, 9.17) is 4.74 Å². The Morgan fingerprint density at radius 2 is 2.17 bits per heavy atom. The Labute approximate surface area is 143 Å². The van der Waals surface area contributed by atoms with Crippen LogP contribution in [0.4, 0.5) is 0 Å². The molecular weight excluding hydrogens is 306 g/mol. The number of carbonyl (C=O) groups excluding carboxylic acids is 1. The van der Waals surface area contributed by atoms with Crippen LogP contribution in [0.2, 0.25) is 0 Å². The molecule has 0 spiro atoms. The van der Waals surface area contributed by atoms with Gasteiger partial charge in [0, 0.05) is 25.6 Å². The summed E-state index contributed by atoms with van der Waals surface area (Å²) in [6.45, 7) is 2.58. The molecule has 2 aliphatic rings. The number of fused-ring (bicyclic) bond motifs is 1. The average molecular weight is 335 g/mol. The Morgan fingerprint density at radius 1 is 1.29 bits per heavy atom. The summed E-state index contributed by atoms with van der Waals surface area (Å²) in [5, 5.41) is 10.5. The lowest BCUT2D eigenvalue weighted by Gasteiger charge is -2.23. The molecule has 3 rings (SSSR count). The van der Waals surface area contributed by atoms with E-state index in [2.05, 4.69) is 20.7 Å². The van der Waals surface area contributed by atoms with Gasteiger partial charge < -0.3 is 15.4 Å². The summed E-state index contributed by atoms with van der Waals surface area (Å²) in [7, 11) is 0. The molecule has 0 saturated heterocycles. The van der Waals surface area contributed by atoms with E-state index in [1.165, 1.54) is 32.1 Å². The number of ether oxygens (including phenoxy) is 1. The highest BCUT2D eigenvalue weighted by atomic mass is 16.5. The van der Waals surface area contributed by atoms with E-state index < -0.39 is 0 Å². The van der Waals surface area contributed by atoms with Gasteiger partial charge in [-0.1, -0.05) is 19.3 Å². The summed E-state index contributed by atoms with van der Waals surface area (Å²) in [4.78, 5) is 16.1. The third-order valence-electron chi connectivity index (χ3n) is 4.91. The van der Waals surface area contributed by atoms with Crippen molar-refractivity contribution in [2.75, 3.05) is 19.7 Å². The van der Waals surface area contributed by atoms with Crippen LogP contribution in [0.5, 0.6) is 0 Å². The van der Waals surface area contributed by atoms with E-state index in [9.17, 15) is 4.79 Å². The minimum atomic E-state index is 0.0528. The molecule has 0 radical (unpaired) electrons. The summed E-state index contributed by atoms with van der Waals surface area (Å²) < 4.78 is 7.78. The molecule has 0 aromatic carbocycles. The van der Waals surface area contributed by atoms with Gasteiger partial charge in [-0.3, -0.25) is 4.79 Å². The summed E-state index contributed by atoms with van der Waals surface area (Å²) in [6, 6.07) is 0.291. The third-order valence-corrected chi connectivity index (χ3v) is 4.91. The fourth-order valence-electron chi connectivity index (χ4n) is 3.49. The fraction of sp³-hybridized carbons (Fsp3) is 0.824. The zero-order chi connectivity index (χ0) is 16.6. The van der Waals surface area contributed by atoms with Gasteiger partial charge in [0.1, 0.15) is 12.2 Å². The van der Waals surface area contributed by atoms with Gasteiger partial charge in [-0.15, -0.1) is 0 Å². The molecule has 1 aromatic heterocycles. The molecule has 1 fully saturated rings. The van der Waals surface area contributed by atoms with Gasteiger partial charge in [0.25, 0.3) is 0 Å². The number of aryl methyl sites for hydroxylation is 1.